The molecule has 0 aliphatic heterocycles. The molecule has 6 nitrogen and oxygen atoms in total. The topological polar surface area (TPSA) is 80.1 Å². The Balaban J connectivity index is 1.65. The van der Waals surface area contributed by atoms with Crippen molar-refractivity contribution in [2.24, 2.45) is 0 Å². The highest BCUT2D eigenvalue weighted by molar-refractivity contribution is 6.06. The highest BCUT2D eigenvalue weighted by Crippen LogP contribution is 2.43. The first-order valence-corrected chi connectivity index (χ1v) is 11.3. The fraction of sp³-hybridized carbons (Fsp3) is 0.0690. The Kier molecular flexibility index (Phi) is 6.09. The Hall–Kier alpha value is -4.71. The molecule has 3 aromatic carbocycles. The van der Waals surface area contributed by atoms with E-state index in [1.54, 1.807) is 0 Å². The average molecular weight is 461 g/mol. The van der Waals surface area contributed by atoms with Crippen molar-refractivity contribution in [3.63, 3.8) is 0 Å². The standard InChI is InChI=1S/C29H24N4O2/c1-3-24(34)33-23-16-14-21(15-17-23)25-26-28(32-19(2)20-10-6-4-7-11-20)30-18-31-29(26)35-27(25)22-12-8-5-9-13-22/h3-19H,1H2,2H3,(H,33,34)(H,30,31,32)/t19-/m1/s1. The SMILES string of the molecule is C=CC(=O)Nc1ccc(-c2c(-c3ccccc3)oc3ncnc(N[C@H](C)c4ccccc4)c23)cc1. The summed E-state index contributed by atoms with van der Waals surface area (Å²) in [6.07, 6.45) is 2.76. The predicted octanol–water partition coefficient (Wildman–Crippen LogP) is 6.85. The minimum absolute atomic E-state index is 0.0220. The van der Waals surface area contributed by atoms with Crippen molar-refractivity contribution in [2.75, 3.05) is 10.6 Å². The number of anilines is 2. The van der Waals surface area contributed by atoms with Gasteiger partial charge in [0.05, 0.1) is 5.39 Å². The van der Waals surface area contributed by atoms with Crippen LogP contribution in [0.25, 0.3) is 33.6 Å². The van der Waals surface area contributed by atoms with Crippen LogP contribution in [-0.2, 0) is 4.79 Å². The number of hydrogen-bond donors (Lipinski definition) is 2. The normalized spacial score (nSPS) is 11.7. The number of rotatable bonds is 7. The number of amides is 1. The van der Waals surface area contributed by atoms with Crippen molar-refractivity contribution in [2.45, 2.75) is 13.0 Å². The summed E-state index contributed by atoms with van der Waals surface area (Å²) in [6.45, 7) is 5.60. The fourth-order valence-electron chi connectivity index (χ4n) is 4.05. The zero-order valence-corrected chi connectivity index (χ0v) is 19.2. The van der Waals surface area contributed by atoms with Crippen LogP contribution in [0.15, 0.2) is 108 Å². The molecule has 35 heavy (non-hydrogen) atoms. The van der Waals surface area contributed by atoms with Gasteiger partial charge in [-0.15, -0.1) is 0 Å². The Morgan fingerprint density at radius 1 is 0.914 bits per heavy atom. The van der Waals surface area contributed by atoms with E-state index < -0.39 is 0 Å². The van der Waals surface area contributed by atoms with Crippen LogP contribution in [0.4, 0.5) is 11.5 Å². The van der Waals surface area contributed by atoms with Crippen LogP contribution in [0.5, 0.6) is 0 Å². The summed E-state index contributed by atoms with van der Waals surface area (Å²) in [5.41, 5.74) is 5.07. The second-order valence-electron chi connectivity index (χ2n) is 8.12. The van der Waals surface area contributed by atoms with Crippen LogP contribution in [-0.4, -0.2) is 15.9 Å². The Morgan fingerprint density at radius 3 is 2.29 bits per heavy atom. The average Bonchev–Trinajstić information content (AvgIpc) is 3.31. The molecule has 0 aliphatic rings. The van der Waals surface area contributed by atoms with E-state index in [1.807, 2.05) is 72.8 Å². The predicted molar refractivity (Wildman–Crippen MR) is 140 cm³/mol. The molecule has 0 unspecified atom stereocenters. The first kappa shape index (κ1) is 22.1. The Morgan fingerprint density at radius 2 is 1.60 bits per heavy atom. The van der Waals surface area contributed by atoms with Gasteiger partial charge >= 0.3 is 0 Å². The molecule has 0 bridgehead atoms. The lowest BCUT2D eigenvalue weighted by Crippen LogP contribution is -2.08. The monoisotopic (exact) mass is 460 g/mol. The number of aromatic nitrogens is 2. The molecular formula is C29H24N4O2. The highest BCUT2D eigenvalue weighted by atomic mass is 16.3. The van der Waals surface area contributed by atoms with Crippen molar-refractivity contribution >= 4 is 28.5 Å². The molecule has 0 saturated heterocycles. The molecule has 0 aliphatic carbocycles. The largest absolute Gasteiger partial charge is 0.437 e. The highest BCUT2D eigenvalue weighted by Gasteiger charge is 2.23. The number of hydrogen-bond acceptors (Lipinski definition) is 5. The van der Waals surface area contributed by atoms with E-state index in [1.165, 1.54) is 12.4 Å². The van der Waals surface area contributed by atoms with E-state index >= 15 is 0 Å². The summed E-state index contributed by atoms with van der Waals surface area (Å²) in [5.74, 6) is 1.14. The van der Waals surface area contributed by atoms with Crippen LogP contribution in [0.1, 0.15) is 18.5 Å². The van der Waals surface area contributed by atoms with Gasteiger partial charge in [-0.1, -0.05) is 79.4 Å². The van der Waals surface area contributed by atoms with Gasteiger partial charge in [-0.2, -0.15) is 0 Å². The molecule has 1 atom stereocenters. The molecule has 2 aromatic heterocycles. The maximum absolute atomic E-state index is 11.7. The zero-order chi connectivity index (χ0) is 24.2. The molecule has 0 spiro atoms. The van der Waals surface area contributed by atoms with Crippen LogP contribution in [0, 0.1) is 0 Å². The van der Waals surface area contributed by atoms with Crippen molar-refractivity contribution < 1.29 is 9.21 Å². The van der Waals surface area contributed by atoms with Crippen molar-refractivity contribution in [1.82, 2.24) is 9.97 Å². The quantitative estimate of drug-likeness (QED) is 0.260. The smallest absolute Gasteiger partial charge is 0.247 e. The molecule has 5 aromatic rings. The zero-order valence-electron chi connectivity index (χ0n) is 19.2. The number of furan rings is 1. The van der Waals surface area contributed by atoms with Gasteiger partial charge in [-0.3, -0.25) is 4.79 Å². The minimum atomic E-state index is -0.258. The molecule has 0 fully saturated rings. The van der Waals surface area contributed by atoms with Gasteiger partial charge in [0.1, 0.15) is 17.9 Å². The molecule has 2 heterocycles. The van der Waals surface area contributed by atoms with Crippen LogP contribution in [0.3, 0.4) is 0 Å². The van der Waals surface area contributed by atoms with Gasteiger partial charge in [0.25, 0.3) is 0 Å². The molecule has 172 valence electrons. The molecule has 5 rings (SSSR count). The van der Waals surface area contributed by atoms with Gasteiger partial charge in [-0.25, -0.2) is 9.97 Å². The lowest BCUT2D eigenvalue weighted by atomic mass is 9.98. The van der Waals surface area contributed by atoms with E-state index in [-0.39, 0.29) is 11.9 Å². The third-order valence-corrected chi connectivity index (χ3v) is 5.80. The number of fused-ring (bicyclic) bond motifs is 1. The summed E-state index contributed by atoms with van der Waals surface area (Å²) in [4.78, 5) is 20.7. The second kappa shape index (κ2) is 9.65. The lowest BCUT2D eigenvalue weighted by molar-refractivity contribution is -0.111. The summed E-state index contributed by atoms with van der Waals surface area (Å²) in [6, 6.07) is 27.8. The molecular weight excluding hydrogens is 436 g/mol. The van der Waals surface area contributed by atoms with Gasteiger partial charge in [0, 0.05) is 22.9 Å². The van der Waals surface area contributed by atoms with Crippen LogP contribution < -0.4 is 10.6 Å². The van der Waals surface area contributed by atoms with Gasteiger partial charge in [-0.05, 0) is 36.3 Å². The molecule has 0 saturated carbocycles. The van der Waals surface area contributed by atoms with E-state index in [0.29, 0.717) is 23.0 Å². The summed E-state index contributed by atoms with van der Waals surface area (Å²) >= 11 is 0. The van der Waals surface area contributed by atoms with Crippen molar-refractivity contribution in [3.8, 4) is 22.5 Å². The first-order chi connectivity index (χ1) is 17.1. The number of carbonyl (C=O) groups is 1. The maximum atomic E-state index is 11.7. The molecule has 6 heteroatoms. The number of benzene rings is 3. The third-order valence-electron chi connectivity index (χ3n) is 5.80. The second-order valence-corrected chi connectivity index (χ2v) is 8.12. The number of nitrogens with zero attached hydrogens (tertiary/aromatic N) is 2. The van der Waals surface area contributed by atoms with Crippen molar-refractivity contribution in [1.29, 1.82) is 0 Å². The first-order valence-electron chi connectivity index (χ1n) is 11.3. The molecule has 1 amide bonds. The molecule has 2 N–H and O–H groups in total. The van der Waals surface area contributed by atoms with Gasteiger partial charge in [0.15, 0.2) is 0 Å². The van der Waals surface area contributed by atoms with E-state index in [2.05, 4.69) is 46.2 Å². The van der Waals surface area contributed by atoms with Crippen molar-refractivity contribution in [3.05, 3.63) is 109 Å². The van der Waals surface area contributed by atoms with Gasteiger partial charge in [0.2, 0.25) is 11.6 Å². The van der Waals surface area contributed by atoms with Crippen LogP contribution >= 0.6 is 0 Å². The third kappa shape index (κ3) is 4.54. The van der Waals surface area contributed by atoms with Crippen LogP contribution in [0.2, 0.25) is 0 Å². The summed E-state index contributed by atoms with van der Waals surface area (Å²) in [7, 11) is 0. The summed E-state index contributed by atoms with van der Waals surface area (Å²) < 4.78 is 6.31. The lowest BCUT2D eigenvalue weighted by Gasteiger charge is -2.16. The van der Waals surface area contributed by atoms with E-state index in [4.69, 9.17) is 4.42 Å². The maximum Gasteiger partial charge on any atom is 0.247 e. The fourth-order valence-corrected chi connectivity index (χ4v) is 4.05. The van der Waals surface area contributed by atoms with E-state index in [9.17, 15) is 4.79 Å². The molecule has 0 radical (unpaired) electrons. The Bertz CT molecular complexity index is 1480. The number of carbonyl (C=O) groups excluding carboxylic acids is 1. The summed E-state index contributed by atoms with van der Waals surface area (Å²) in [5, 5.41) is 7.13. The number of nitrogens with one attached hydrogen (secondary N) is 2. The minimum Gasteiger partial charge on any atom is -0.437 e. The Labute approximate surface area is 203 Å². The van der Waals surface area contributed by atoms with Gasteiger partial charge < -0.3 is 15.1 Å². The van der Waals surface area contributed by atoms with E-state index in [0.717, 1.165) is 27.6 Å².